The van der Waals surface area contributed by atoms with Gasteiger partial charge in [-0.25, -0.2) is 0 Å². The number of anilines is 2. The van der Waals surface area contributed by atoms with Crippen LogP contribution in [0.3, 0.4) is 0 Å². The van der Waals surface area contributed by atoms with E-state index >= 15 is 0 Å². The van der Waals surface area contributed by atoms with E-state index in [4.69, 9.17) is 0 Å². The third-order valence-corrected chi connectivity index (χ3v) is 6.59. The Balaban J connectivity index is 1.60. The standard InChI is InChI=1S/C24H34N4O4/c1-26(2)22-15-19(6-4-3-5-18-11-13-27(16-29)14-12-18)7-8-20(22)28(17-30)21-9-10-23(31)25-24(21)32/h7-8,15-18,21H,3-6,9-14H2,1-2H3,(H,25,31,32). The molecule has 1 atom stereocenters. The summed E-state index contributed by atoms with van der Waals surface area (Å²) in [6.45, 7) is 1.75. The van der Waals surface area contributed by atoms with Crippen molar-refractivity contribution < 1.29 is 19.2 Å². The monoisotopic (exact) mass is 442 g/mol. The van der Waals surface area contributed by atoms with Crippen LogP contribution in [0.15, 0.2) is 18.2 Å². The highest BCUT2D eigenvalue weighted by Gasteiger charge is 2.33. The van der Waals surface area contributed by atoms with Crippen molar-refractivity contribution >= 4 is 36.0 Å². The van der Waals surface area contributed by atoms with Crippen LogP contribution in [0.5, 0.6) is 0 Å². The van der Waals surface area contributed by atoms with Gasteiger partial charge in [-0.3, -0.25) is 24.5 Å². The maximum Gasteiger partial charge on any atom is 0.249 e. The maximum absolute atomic E-state index is 12.3. The average Bonchev–Trinajstić information content (AvgIpc) is 2.79. The van der Waals surface area contributed by atoms with E-state index in [-0.39, 0.29) is 12.3 Å². The molecule has 2 aliphatic rings. The lowest BCUT2D eigenvalue weighted by Gasteiger charge is -2.32. The highest BCUT2D eigenvalue weighted by molar-refractivity contribution is 6.04. The van der Waals surface area contributed by atoms with Crippen molar-refractivity contribution in [1.82, 2.24) is 10.2 Å². The Morgan fingerprint density at radius 3 is 2.44 bits per heavy atom. The number of amides is 4. The minimum Gasteiger partial charge on any atom is -0.376 e. The molecule has 1 aromatic carbocycles. The number of hydrogen-bond donors (Lipinski definition) is 1. The van der Waals surface area contributed by atoms with Crippen molar-refractivity contribution in [3.63, 3.8) is 0 Å². The fraction of sp³-hybridized carbons (Fsp3) is 0.583. The van der Waals surface area contributed by atoms with Gasteiger partial charge in [0.15, 0.2) is 0 Å². The molecule has 4 amide bonds. The molecule has 8 heteroatoms. The lowest BCUT2D eigenvalue weighted by atomic mass is 9.91. The van der Waals surface area contributed by atoms with Crippen molar-refractivity contribution in [3.05, 3.63) is 23.8 Å². The van der Waals surface area contributed by atoms with Crippen LogP contribution in [0.1, 0.15) is 50.5 Å². The second-order valence-electron chi connectivity index (χ2n) is 9.03. The lowest BCUT2D eigenvalue weighted by Crippen LogP contribution is -2.52. The summed E-state index contributed by atoms with van der Waals surface area (Å²) < 4.78 is 0. The van der Waals surface area contributed by atoms with Crippen molar-refractivity contribution in [3.8, 4) is 0 Å². The van der Waals surface area contributed by atoms with Gasteiger partial charge in [0.2, 0.25) is 24.6 Å². The van der Waals surface area contributed by atoms with Crippen molar-refractivity contribution in [1.29, 1.82) is 0 Å². The Morgan fingerprint density at radius 1 is 1.06 bits per heavy atom. The van der Waals surface area contributed by atoms with Crippen LogP contribution in [-0.2, 0) is 25.6 Å². The summed E-state index contributed by atoms with van der Waals surface area (Å²) >= 11 is 0. The maximum atomic E-state index is 12.3. The van der Waals surface area contributed by atoms with Gasteiger partial charge in [-0.15, -0.1) is 0 Å². The topological polar surface area (TPSA) is 90.0 Å². The van der Waals surface area contributed by atoms with Gasteiger partial charge >= 0.3 is 0 Å². The summed E-state index contributed by atoms with van der Waals surface area (Å²) in [5, 5.41) is 2.33. The number of benzene rings is 1. The van der Waals surface area contributed by atoms with Gasteiger partial charge in [0.25, 0.3) is 0 Å². The van der Waals surface area contributed by atoms with Gasteiger partial charge < -0.3 is 14.7 Å². The number of unbranched alkanes of at least 4 members (excludes halogenated alkanes) is 1. The molecule has 0 bridgehead atoms. The number of carbonyl (C=O) groups is 4. The lowest BCUT2D eigenvalue weighted by molar-refractivity contribution is -0.134. The molecule has 2 saturated heterocycles. The molecule has 2 heterocycles. The van der Waals surface area contributed by atoms with Gasteiger partial charge in [-0.05, 0) is 55.7 Å². The number of nitrogens with one attached hydrogen (secondary N) is 1. The molecule has 0 aromatic heterocycles. The van der Waals surface area contributed by atoms with E-state index in [2.05, 4.69) is 11.4 Å². The number of rotatable bonds is 10. The van der Waals surface area contributed by atoms with E-state index in [1.165, 1.54) is 16.9 Å². The van der Waals surface area contributed by atoms with Gasteiger partial charge in [-0.2, -0.15) is 0 Å². The second-order valence-corrected chi connectivity index (χ2v) is 9.03. The first kappa shape index (κ1) is 23.8. The van der Waals surface area contributed by atoms with E-state index in [1.807, 2.05) is 36.0 Å². The average molecular weight is 443 g/mol. The molecular weight excluding hydrogens is 408 g/mol. The van der Waals surface area contributed by atoms with Gasteiger partial charge in [0, 0.05) is 33.6 Å². The molecule has 3 rings (SSSR count). The summed E-state index contributed by atoms with van der Waals surface area (Å²) in [4.78, 5) is 51.8. The highest BCUT2D eigenvalue weighted by Crippen LogP contribution is 2.32. The zero-order chi connectivity index (χ0) is 23.1. The SMILES string of the molecule is CN(C)c1cc(CCCCC2CCN(C=O)CC2)ccc1N(C=O)C1CCC(=O)NC1=O. The summed E-state index contributed by atoms with van der Waals surface area (Å²) in [6, 6.07) is 5.33. The Morgan fingerprint density at radius 2 is 1.81 bits per heavy atom. The molecule has 0 radical (unpaired) electrons. The normalized spacial score (nSPS) is 19.4. The van der Waals surface area contributed by atoms with Crippen LogP contribution in [0.2, 0.25) is 0 Å². The van der Waals surface area contributed by atoms with Crippen LogP contribution < -0.4 is 15.1 Å². The summed E-state index contributed by atoms with van der Waals surface area (Å²) in [6.07, 6.45) is 8.76. The first-order valence-corrected chi connectivity index (χ1v) is 11.5. The molecule has 1 N–H and O–H groups in total. The molecule has 0 spiro atoms. The predicted molar refractivity (Wildman–Crippen MR) is 123 cm³/mol. The second kappa shape index (κ2) is 11.1. The molecule has 0 saturated carbocycles. The van der Waals surface area contributed by atoms with Crippen molar-refractivity contribution in [2.24, 2.45) is 5.92 Å². The summed E-state index contributed by atoms with van der Waals surface area (Å²) in [5.74, 6) is -0.0173. The molecular formula is C24H34N4O4. The summed E-state index contributed by atoms with van der Waals surface area (Å²) in [5.41, 5.74) is 2.74. The molecule has 2 fully saturated rings. The van der Waals surface area contributed by atoms with Crippen LogP contribution in [0.4, 0.5) is 11.4 Å². The fourth-order valence-electron chi connectivity index (χ4n) is 4.66. The van der Waals surface area contributed by atoms with E-state index in [0.717, 1.165) is 57.3 Å². The summed E-state index contributed by atoms with van der Waals surface area (Å²) in [7, 11) is 3.84. The number of aryl methyl sites for hydroxylation is 1. The Bertz CT molecular complexity index is 833. The molecule has 2 aliphatic heterocycles. The quantitative estimate of drug-likeness (QED) is 0.341. The number of hydrogen-bond acceptors (Lipinski definition) is 5. The number of carbonyl (C=O) groups excluding carboxylic acids is 4. The van der Waals surface area contributed by atoms with Crippen LogP contribution in [0, 0.1) is 5.92 Å². The van der Waals surface area contributed by atoms with Gasteiger partial charge in [0.1, 0.15) is 6.04 Å². The van der Waals surface area contributed by atoms with E-state index < -0.39 is 11.9 Å². The molecule has 0 aliphatic carbocycles. The predicted octanol–water partition coefficient (Wildman–Crippen LogP) is 2.10. The van der Waals surface area contributed by atoms with Crippen molar-refractivity contribution in [2.75, 3.05) is 37.0 Å². The smallest absolute Gasteiger partial charge is 0.249 e. The minimum absolute atomic E-state index is 0.226. The van der Waals surface area contributed by atoms with Gasteiger partial charge in [0.05, 0.1) is 11.4 Å². The fourth-order valence-corrected chi connectivity index (χ4v) is 4.66. The number of imide groups is 1. The first-order valence-electron chi connectivity index (χ1n) is 11.5. The number of likely N-dealkylation sites (tertiary alicyclic amines) is 1. The largest absolute Gasteiger partial charge is 0.376 e. The minimum atomic E-state index is -0.680. The zero-order valence-corrected chi connectivity index (χ0v) is 19.1. The molecule has 1 aromatic rings. The number of nitrogens with zero attached hydrogens (tertiary/aromatic N) is 3. The van der Waals surface area contributed by atoms with E-state index in [0.29, 0.717) is 24.4 Å². The molecule has 32 heavy (non-hydrogen) atoms. The van der Waals surface area contributed by atoms with Crippen molar-refractivity contribution in [2.45, 2.75) is 57.4 Å². The zero-order valence-electron chi connectivity index (χ0n) is 19.1. The first-order chi connectivity index (χ1) is 15.4. The van der Waals surface area contributed by atoms with Crippen LogP contribution >= 0.6 is 0 Å². The third-order valence-electron chi connectivity index (χ3n) is 6.59. The Labute approximate surface area is 189 Å². The highest BCUT2D eigenvalue weighted by atomic mass is 16.2. The van der Waals surface area contributed by atoms with E-state index in [1.54, 1.807) is 0 Å². The Hall–Kier alpha value is -2.90. The van der Waals surface area contributed by atoms with E-state index in [9.17, 15) is 19.2 Å². The number of piperidine rings is 2. The molecule has 174 valence electrons. The molecule has 1 unspecified atom stereocenters. The molecule has 8 nitrogen and oxygen atoms in total. The van der Waals surface area contributed by atoms with Crippen LogP contribution in [-0.4, -0.2) is 62.8 Å². The van der Waals surface area contributed by atoms with Gasteiger partial charge in [-0.1, -0.05) is 18.9 Å². The third kappa shape index (κ3) is 5.87. The van der Waals surface area contributed by atoms with Crippen LogP contribution in [0.25, 0.3) is 0 Å². The Kier molecular flexibility index (Phi) is 8.25.